The number of aliphatic hydroxyl groups is 1. The Morgan fingerprint density at radius 3 is 1.67 bits per heavy atom. The van der Waals surface area contributed by atoms with Crippen LogP contribution in [0.4, 0.5) is 39.5 Å². The Kier molecular flexibility index (Phi) is 5.39. The highest BCUT2D eigenvalue weighted by atomic mass is 19.4. The van der Waals surface area contributed by atoms with Gasteiger partial charge in [0.2, 0.25) is 0 Å². The van der Waals surface area contributed by atoms with Gasteiger partial charge < -0.3 is 9.84 Å². The first-order valence-electron chi connectivity index (χ1n) is 6.31. The van der Waals surface area contributed by atoms with Crippen LogP contribution in [-0.4, -0.2) is 30.2 Å². The number of alkyl halides is 9. The van der Waals surface area contributed by atoms with E-state index < -0.39 is 41.4 Å². The highest BCUT2D eigenvalue weighted by Crippen LogP contribution is 2.65. The van der Waals surface area contributed by atoms with E-state index in [1.54, 1.807) is 0 Å². The van der Waals surface area contributed by atoms with Crippen molar-refractivity contribution in [2.24, 2.45) is 5.41 Å². The minimum Gasteiger partial charge on any atom is -0.493 e. The van der Waals surface area contributed by atoms with Gasteiger partial charge in [-0.25, -0.2) is 0 Å². The molecule has 0 aliphatic rings. The van der Waals surface area contributed by atoms with Gasteiger partial charge in [0, 0.05) is 5.56 Å². The third kappa shape index (κ3) is 3.13. The van der Waals surface area contributed by atoms with Gasteiger partial charge in [-0.3, -0.25) is 0 Å². The van der Waals surface area contributed by atoms with Gasteiger partial charge in [-0.1, -0.05) is 18.2 Å². The molecule has 1 aromatic rings. The Balaban J connectivity index is 3.75. The summed E-state index contributed by atoms with van der Waals surface area (Å²) in [5.41, 5.74) is -7.63. The van der Waals surface area contributed by atoms with E-state index in [4.69, 9.17) is 4.74 Å². The molecular formula is C13H11F9O2. The van der Waals surface area contributed by atoms with E-state index in [0.29, 0.717) is 6.07 Å². The maximum absolute atomic E-state index is 13.0. The summed E-state index contributed by atoms with van der Waals surface area (Å²) in [5, 5.41) is 9.61. The maximum atomic E-state index is 13.0. The van der Waals surface area contributed by atoms with Crippen molar-refractivity contribution in [2.45, 2.75) is 31.6 Å². The molecule has 0 bridgehead atoms. The number of ether oxygens (including phenoxy) is 1. The molecule has 0 saturated heterocycles. The zero-order chi connectivity index (χ0) is 19.0. The van der Waals surface area contributed by atoms with Gasteiger partial charge in [0.25, 0.3) is 5.41 Å². The number of halogens is 9. The second-order valence-electron chi connectivity index (χ2n) is 4.67. The average molecular weight is 370 g/mol. The van der Waals surface area contributed by atoms with E-state index >= 15 is 0 Å². The summed E-state index contributed by atoms with van der Waals surface area (Å²) in [4.78, 5) is 0. The fourth-order valence-corrected chi connectivity index (χ4v) is 2.17. The molecule has 1 aromatic carbocycles. The van der Waals surface area contributed by atoms with Crippen LogP contribution in [0.5, 0.6) is 5.75 Å². The molecule has 138 valence electrons. The lowest BCUT2D eigenvalue weighted by molar-refractivity contribution is -0.449. The number of para-hydroxylation sites is 1. The maximum Gasteiger partial charge on any atom is 0.415 e. The number of hydrogen-bond acceptors (Lipinski definition) is 2. The van der Waals surface area contributed by atoms with Crippen molar-refractivity contribution in [3.05, 3.63) is 29.8 Å². The lowest BCUT2D eigenvalue weighted by Crippen LogP contribution is -2.62. The molecule has 1 unspecified atom stereocenters. The summed E-state index contributed by atoms with van der Waals surface area (Å²) < 4.78 is 122. The van der Waals surface area contributed by atoms with E-state index in [9.17, 15) is 44.6 Å². The van der Waals surface area contributed by atoms with Crippen molar-refractivity contribution in [3.8, 4) is 5.75 Å². The Labute approximate surface area is 129 Å². The Morgan fingerprint density at radius 2 is 1.29 bits per heavy atom. The van der Waals surface area contributed by atoms with E-state index in [2.05, 4.69) is 0 Å². The molecule has 2 nitrogen and oxygen atoms in total. The second-order valence-corrected chi connectivity index (χ2v) is 4.67. The van der Waals surface area contributed by atoms with Gasteiger partial charge in [-0.05, 0) is 13.0 Å². The molecule has 1 N–H and O–H groups in total. The third-order valence-corrected chi connectivity index (χ3v) is 3.27. The monoisotopic (exact) mass is 370 g/mol. The van der Waals surface area contributed by atoms with Gasteiger partial charge in [0.1, 0.15) is 11.9 Å². The molecule has 0 amide bonds. The molecule has 0 spiro atoms. The van der Waals surface area contributed by atoms with E-state index in [1.807, 2.05) is 0 Å². The zero-order valence-corrected chi connectivity index (χ0v) is 11.9. The molecule has 0 aliphatic heterocycles. The summed E-state index contributed by atoms with van der Waals surface area (Å²) in [6.45, 7) is 1.06. The van der Waals surface area contributed by atoms with Crippen molar-refractivity contribution in [1.82, 2.24) is 0 Å². The summed E-state index contributed by atoms with van der Waals surface area (Å²) in [6.07, 6.45) is -24.6. The van der Waals surface area contributed by atoms with Gasteiger partial charge >= 0.3 is 18.5 Å². The van der Waals surface area contributed by atoms with Crippen LogP contribution in [0.2, 0.25) is 0 Å². The predicted octanol–water partition coefficient (Wildman–Crippen LogP) is 4.79. The normalized spacial score (nSPS) is 15.3. The quantitative estimate of drug-likeness (QED) is 0.773. The van der Waals surface area contributed by atoms with E-state index in [-0.39, 0.29) is 6.61 Å². The highest BCUT2D eigenvalue weighted by molar-refractivity contribution is 5.37. The fraction of sp³-hybridized carbons (Fsp3) is 0.538. The number of benzene rings is 1. The van der Waals surface area contributed by atoms with Crippen LogP contribution >= 0.6 is 0 Å². The van der Waals surface area contributed by atoms with Crippen molar-refractivity contribution in [2.75, 3.05) is 6.61 Å². The molecule has 0 fully saturated rings. The largest absolute Gasteiger partial charge is 0.493 e. The summed E-state index contributed by atoms with van der Waals surface area (Å²) in [7, 11) is 0. The molecular weight excluding hydrogens is 359 g/mol. The van der Waals surface area contributed by atoms with Crippen LogP contribution in [0.15, 0.2) is 24.3 Å². The standard InChI is InChI=1S/C13H11F9O2/c1-2-24-8-6-4-3-5-7(8)9(23)10(11(14,15)16,12(17,18)19)13(20,21)22/h3-6,9,23H,2H2,1H3. The van der Waals surface area contributed by atoms with Gasteiger partial charge in [0.05, 0.1) is 6.61 Å². The molecule has 0 radical (unpaired) electrons. The first-order valence-corrected chi connectivity index (χ1v) is 6.31. The van der Waals surface area contributed by atoms with Gasteiger partial charge in [-0.2, -0.15) is 39.5 Å². The second kappa shape index (κ2) is 6.34. The molecule has 1 atom stereocenters. The molecule has 0 aromatic heterocycles. The summed E-state index contributed by atoms with van der Waals surface area (Å²) in [5.74, 6) is -0.713. The molecule has 0 aliphatic carbocycles. The average Bonchev–Trinajstić information content (AvgIpc) is 2.34. The topological polar surface area (TPSA) is 29.5 Å². The van der Waals surface area contributed by atoms with Gasteiger partial charge in [0.15, 0.2) is 0 Å². The van der Waals surface area contributed by atoms with Crippen LogP contribution < -0.4 is 4.74 Å². The Morgan fingerprint density at radius 1 is 0.875 bits per heavy atom. The SMILES string of the molecule is CCOc1ccccc1C(O)C(C(F)(F)F)(C(F)(F)F)C(F)(F)F. The van der Waals surface area contributed by atoms with Crippen molar-refractivity contribution < 1.29 is 49.4 Å². The van der Waals surface area contributed by atoms with Crippen molar-refractivity contribution in [1.29, 1.82) is 0 Å². The first-order chi connectivity index (χ1) is 10.7. The number of aliphatic hydroxyl groups excluding tert-OH is 1. The predicted molar refractivity (Wildman–Crippen MR) is 63.2 cm³/mol. The summed E-state index contributed by atoms with van der Waals surface area (Å²) in [6, 6.07) is 3.37. The van der Waals surface area contributed by atoms with Crippen LogP contribution in [-0.2, 0) is 0 Å². The fourth-order valence-electron chi connectivity index (χ4n) is 2.17. The number of rotatable bonds is 4. The lowest BCUT2D eigenvalue weighted by Gasteiger charge is -2.41. The Bertz CT molecular complexity index is 524. The molecule has 0 saturated carbocycles. The van der Waals surface area contributed by atoms with Crippen molar-refractivity contribution in [3.63, 3.8) is 0 Å². The lowest BCUT2D eigenvalue weighted by atomic mass is 9.76. The molecule has 0 heterocycles. The van der Waals surface area contributed by atoms with Crippen molar-refractivity contribution >= 4 is 0 Å². The minimum absolute atomic E-state index is 0.249. The van der Waals surface area contributed by atoms with E-state index in [1.165, 1.54) is 6.92 Å². The smallest absolute Gasteiger partial charge is 0.415 e. The van der Waals surface area contributed by atoms with E-state index in [0.717, 1.165) is 18.2 Å². The van der Waals surface area contributed by atoms with Crippen LogP contribution in [0, 0.1) is 5.41 Å². The van der Waals surface area contributed by atoms with Crippen LogP contribution in [0.3, 0.4) is 0 Å². The minimum atomic E-state index is -6.86. The van der Waals surface area contributed by atoms with Crippen LogP contribution in [0.25, 0.3) is 0 Å². The number of hydrogen-bond donors (Lipinski definition) is 1. The van der Waals surface area contributed by atoms with Gasteiger partial charge in [-0.15, -0.1) is 0 Å². The molecule has 24 heavy (non-hydrogen) atoms. The zero-order valence-electron chi connectivity index (χ0n) is 11.9. The highest BCUT2D eigenvalue weighted by Gasteiger charge is 2.86. The van der Waals surface area contributed by atoms with Crippen LogP contribution in [0.1, 0.15) is 18.6 Å². The molecule has 11 heteroatoms. The summed E-state index contributed by atoms with van der Waals surface area (Å²) >= 11 is 0. The Hall–Kier alpha value is -1.65. The third-order valence-electron chi connectivity index (χ3n) is 3.27. The first kappa shape index (κ1) is 20.4. The molecule has 1 rings (SSSR count).